The van der Waals surface area contributed by atoms with Crippen LogP contribution in [-0.2, 0) is 9.53 Å². The SMILES string of the molecule is CC(=O)Nc1ccc(C(=O)COC(=O)c2ccc(C)cc2)c(F)c1. The largest absolute Gasteiger partial charge is 0.454 e. The lowest BCUT2D eigenvalue weighted by Crippen LogP contribution is -2.16. The van der Waals surface area contributed by atoms with Crippen LogP contribution in [0.1, 0.15) is 33.2 Å². The maximum absolute atomic E-state index is 13.9. The van der Waals surface area contributed by atoms with E-state index in [0.29, 0.717) is 5.56 Å². The van der Waals surface area contributed by atoms with Crippen molar-refractivity contribution in [2.45, 2.75) is 13.8 Å². The highest BCUT2D eigenvalue weighted by molar-refractivity contribution is 6.00. The van der Waals surface area contributed by atoms with Gasteiger partial charge in [0.1, 0.15) is 5.82 Å². The van der Waals surface area contributed by atoms with Gasteiger partial charge >= 0.3 is 5.97 Å². The fraction of sp³-hybridized carbons (Fsp3) is 0.167. The number of anilines is 1. The van der Waals surface area contributed by atoms with Gasteiger partial charge < -0.3 is 10.1 Å². The molecule has 1 amide bonds. The molecule has 5 nitrogen and oxygen atoms in total. The molecule has 0 spiro atoms. The zero-order chi connectivity index (χ0) is 17.7. The van der Waals surface area contributed by atoms with Gasteiger partial charge in [-0.25, -0.2) is 9.18 Å². The minimum atomic E-state index is -0.794. The second-order valence-electron chi connectivity index (χ2n) is 5.24. The predicted molar refractivity (Wildman–Crippen MR) is 86.5 cm³/mol. The lowest BCUT2D eigenvalue weighted by atomic mass is 10.1. The molecule has 2 aromatic rings. The molecule has 0 saturated heterocycles. The Hall–Kier alpha value is -3.02. The van der Waals surface area contributed by atoms with Crippen molar-refractivity contribution in [2.24, 2.45) is 0 Å². The summed E-state index contributed by atoms with van der Waals surface area (Å²) in [5.74, 6) is -2.46. The maximum atomic E-state index is 13.9. The number of ether oxygens (including phenoxy) is 1. The van der Waals surface area contributed by atoms with E-state index in [4.69, 9.17) is 4.74 Å². The normalized spacial score (nSPS) is 10.1. The molecule has 0 aromatic heterocycles. The number of aryl methyl sites for hydroxylation is 1. The van der Waals surface area contributed by atoms with Gasteiger partial charge in [0.25, 0.3) is 0 Å². The summed E-state index contributed by atoms with van der Waals surface area (Å²) >= 11 is 0. The number of rotatable bonds is 5. The second kappa shape index (κ2) is 7.50. The maximum Gasteiger partial charge on any atom is 0.338 e. The molecule has 0 unspecified atom stereocenters. The number of hydrogen-bond donors (Lipinski definition) is 1. The van der Waals surface area contributed by atoms with Gasteiger partial charge in [-0.15, -0.1) is 0 Å². The molecule has 0 radical (unpaired) electrons. The van der Waals surface area contributed by atoms with Crippen LogP contribution in [-0.4, -0.2) is 24.3 Å². The molecule has 6 heteroatoms. The first-order valence-electron chi connectivity index (χ1n) is 7.21. The van der Waals surface area contributed by atoms with Crippen molar-refractivity contribution in [1.29, 1.82) is 0 Å². The predicted octanol–water partition coefficient (Wildman–Crippen LogP) is 3.13. The van der Waals surface area contributed by atoms with Gasteiger partial charge in [0, 0.05) is 12.6 Å². The van der Waals surface area contributed by atoms with E-state index in [0.717, 1.165) is 11.6 Å². The van der Waals surface area contributed by atoms with E-state index in [9.17, 15) is 18.8 Å². The Morgan fingerprint density at radius 3 is 2.33 bits per heavy atom. The molecule has 24 heavy (non-hydrogen) atoms. The fourth-order valence-corrected chi connectivity index (χ4v) is 2.00. The Morgan fingerprint density at radius 2 is 1.75 bits per heavy atom. The zero-order valence-electron chi connectivity index (χ0n) is 13.3. The number of amides is 1. The first kappa shape index (κ1) is 17.3. The smallest absolute Gasteiger partial charge is 0.338 e. The number of nitrogens with one attached hydrogen (secondary N) is 1. The molecule has 0 aliphatic carbocycles. The highest BCUT2D eigenvalue weighted by Crippen LogP contribution is 2.15. The molecule has 124 valence electrons. The molecular weight excluding hydrogens is 313 g/mol. The Morgan fingerprint density at radius 1 is 1.08 bits per heavy atom. The average Bonchev–Trinajstić information content (AvgIpc) is 2.52. The molecule has 0 atom stereocenters. The Kier molecular flexibility index (Phi) is 5.42. The first-order chi connectivity index (χ1) is 11.4. The van der Waals surface area contributed by atoms with E-state index in [1.807, 2.05) is 6.92 Å². The Labute approximate surface area is 138 Å². The molecule has 0 fully saturated rings. The van der Waals surface area contributed by atoms with Crippen molar-refractivity contribution in [2.75, 3.05) is 11.9 Å². The van der Waals surface area contributed by atoms with Crippen LogP contribution in [0.5, 0.6) is 0 Å². The minimum absolute atomic E-state index is 0.208. The van der Waals surface area contributed by atoms with Crippen molar-refractivity contribution in [3.63, 3.8) is 0 Å². The first-order valence-corrected chi connectivity index (χ1v) is 7.21. The van der Waals surface area contributed by atoms with E-state index < -0.39 is 24.2 Å². The summed E-state index contributed by atoms with van der Waals surface area (Å²) in [6.07, 6.45) is 0. The van der Waals surface area contributed by atoms with Crippen molar-refractivity contribution < 1.29 is 23.5 Å². The lowest BCUT2D eigenvalue weighted by Gasteiger charge is -2.07. The third kappa shape index (κ3) is 4.49. The van der Waals surface area contributed by atoms with Crippen LogP contribution in [0.2, 0.25) is 0 Å². The lowest BCUT2D eigenvalue weighted by molar-refractivity contribution is -0.114. The monoisotopic (exact) mass is 329 g/mol. The van der Waals surface area contributed by atoms with Crippen molar-refractivity contribution >= 4 is 23.3 Å². The van der Waals surface area contributed by atoms with Crippen LogP contribution in [0.15, 0.2) is 42.5 Å². The highest BCUT2D eigenvalue weighted by atomic mass is 19.1. The van der Waals surface area contributed by atoms with Crippen LogP contribution in [0.3, 0.4) is 0 Å². The summed E-state index contributed by atoms with van der Waals surface area (Å²) < 4.78 is 18.8. The third-order valence-corrected chi connectivity index (χ3v) is 3.21. The Bertz CT molecular complexity index is 784. The molecule has 0 aliphatic heterocycles. The molecule has 2 rings (SSSR count). The highest BCUT2D eigenvalue weighted by Gasteiger charge is 2.15. The van der Waals surface area contributed by atoms with E-state index in [-0.39, 0.29) is 17.2 Å². The van der Waals surface area contributed by atoms with Gasteiger partial charge in [-0.1, -0.05) is 17.7 Å². The molecule has 0 heterocycles. The molecule has 0 bridgehead atoms. The van der Waals surface area contributed by atoms with Crippen LogP contribution in [0, 0.1) is 12.7 Å². The zero-order valence-corrected chi connectivity index (χ0v) is 13.3. The van der Waals surface area contributed by atoms with Gasteiger partial charge in [-0.05, 0) is 37.3 Å². The summed E-state index contributed by atoms with van der Waals surface area (Å²) in [4.78, 5) is 34.7. The minimum Gasteiger partial charge on any atom is -0.454 e. The number of ketones is 1. The quantitative estimate of drug-likeness (QED) is 0.676. The van der Waals surface area contributed by atoms with Crippen LogP contribution >= 0.6 is 0 Å². The number of benzene rings is 2. The van der Waals surface area contributed by atoms with Crippen LogP contribution in [0.25, 0.3) is 0 Å². The Balaban J connectivity index is 2.00. The topological polar surface area (TPSA) is 72.5 Å². The van der Waals surface area contributed by atoms with Crippen molar-refractivity contribution in [1.82, 2.24) is 0 Å². The third-order valence-electron chi connectivity index (χ3n) is 3.21. The molecule has 1 N–H and O–H groups in total. The van der Waals surface area contributed by atoms with Gasteiger partial charge in [-0.2, -0.15) is 0 Å². The molecular formula is C18H16FNO4. The number of Topliss-reactive ketones (excluding diaryl/α,β-unsaturated/α-hetero) is 1. The van der Waals surface area contributed by atoms with E-state index in [1.165, 1.54) is 19.1 Å². The van der Waals surface area contributed by atoms with Crippen LogP contribution < -0.4 is 5.32 Å². The summed E-state index contributed by atoms with van der Waals surface area (Å²) in [5, 5.41) is 2.41. The van der Waals surface area contributed by atoms with Gasteiger partial charge in [0.05, 0.1) is 11.1 Å². The van der Waals surface area contributed by atoms with Gasteiger partial charge in [0.15, 0.2) is 6.61 Å². The summed E-state index contributed by atoms with van der Waals surface area (Å²) in [5.41, 5.74) is 1.34. The standard InChI is InChI=1S/C18H16FNO4/c1-11-3-5-13(6-4-11)18(23)24-10-17(22)15-8-7-14(9-16(15)19)20-12(2)21/h3-9H,10H2,1-2H3,(H,20,21). The average molecular weight is 329 g/mol. The number of halogens is 1. The van der Waals surface area contributed by atoms with E-state index >= 15 is 0 Å². The van der Waals surface area contributed by atoms with E-state index in [2.05, 4.69) is 5.32 Å². The summed E-state index contributed by atoms with van der Waals surface area (Å²) in [7, 11) is 0. The summed E-state index contributed by atoms with van der Waals surface area (Å²) in [6.45, 7) is 2.61. The number of carbonyl (C=O) groups excluding carboxylic acids is 3. The second-order valence-corrected chi connectivity index (χ2v) is 5.24. The van der Waals surface area contributed by atoms with Gasteiger partial charge in [-0.3, -0.25) is 9.59 Å². The number of esters is 1. The molecule has 0 aliphatic rings. The van der Waals surface area contributed by atoms with E-state index in [1.54, 1.807) is 24.3 Å². The molecule has 2 aromatic carbocycles. The van der Waals surface area contributed by atoms with Crippen molar-refractivity contribution in [3.05, 3.63) is 65.0 Å². The van der Waals surface area contributed by atoms with Gasteiger partial charge in [0.2, 0.25) is 11.7 Å². The number of carbonyl (C=O) groups is 3. The summed E-state index contributed by atoms with van der Waals surface area (Å²) in [6, 6.07) is 10.4. The van der Waals surface area contributed by atoms with Crippen molar-refractivity contribution in [3.8, 4) is 0 Å². The molecule has 0 saturated carbocycles. The number of hydrogen-bond acceptors (Lipinski definition) is 4. The fourth-order valence-electron chi connectivity index (χ4n) is 2.00. The van der Waals surface area contributed by atoms with Crippen LogP contribution in [0.4, 0.5) is 10.1 Å².